The van der Waals surface area contributed by atoms with Crippen LogP contribution in [0.25, 0.3) is 5.57 Å². The number of hydrogen-bond acceptors (Lipinski definition) is 3. The van der Waals surface area contributed by atoms with Crippen LogP contribution in [0.2, 0.25) is 0 Å². The van der Waals surface area contributed by atoms with Crippen molar-refractivity contribution in [1.29, 1.82) is 0 Å². The third kappa shape index (κ3) is 2.66. The number of fused-ring (bicyclic) bond motifs is 1. The highest BCUT2D eigenvalue weighted by Gasteiger charge is 2.13. The van der Waals surface area contributed by atoms with E-state index >= 15 is 0 Å². The summed E-state index contributed by atoms with van der Waals surface area (Å²) in [5.41, 5.74) is 1.94. The van der Waals surface area contributed by atoms with Crippen LogP contribution in [0.1, 0.15) is 12.5 Å². The lowest BCUT2D eigenvalue weighted by Gasteiger charge is -2.02. The highest BCUT2D eigenvalue weighted by atomic mass is 16.7. The molecule has 0 bridgehead atoms. The Balaban J connectivity index is 2.19. The monoisotopic (exact) mass is 232 g/mol. The summed E-state index contributed by atoms with van der Waals surface area (Å²) in [5, 5.41) is 8.47. The normalized spacial score (nSPS) is 14.3. The topological polar surface area (TPSA) is 55.8 Å². The Kier molecular flexibility index (Phi) is 3.14. The van der Waals surface area contributed by atoms with Crippen molar-refractivity contribution in [3.05, 3.63) is 42.0 Å². The quantitative estimate of drug-likeness (QED) is 0.642. The minimum atomic E-state index is -0.959. The molecule has 0 unspecified atom stereocenters. The third-order valence-electron chi connectivity index (χ3n) is 2.41. The predicted molar refractivity (Wildman–Crippen MR) is 63.0 cm³/mol. The molecule has 4 nitrogen and oxygen atoms in total. The first-order chi connectivity index (χ1) is 8.16. The summed E-state index contributed by atoms with van der Waals surface area (Å²) in [4.78, 5) is 10.3. The number of aliphatic carboxylic acids is 1. The van der Waals surface area contributed by atoms with Gasteiger partial charge in [0.25, 0.3) is 0 Å². The average molecular weight is 232 g/mol. The van der Waals surface area contributed by atoms with Crippen molar-refractivity contribution < 1.29 is 19.4 Å². The van der Waals surface area contributed by atoms with Crippen molar-refractivity contribution in [3.63, 3.8) is 0 Å². The second-order valence-electron chi connectivity index (χ2n) is 3.62. The number of carboxylic acid groups (broad SMARTS) is 1. The van der Waals surface area contributed by atoms with Crippen molar-refractivity contribution in [3.8, 4) is 11.5 Å². The molecule has 0 amide bonds. The van der Waals surface area contributed by atoms with Gasteiger partial charge in [0.15, 0.2) is 11.5 Å². The molecule has 1 aliphatic heterocycles. The lowest BCUT2D eigenvalue weighted by molar-refractivity contribution is -0.131. The van der Waals surface area contributed by atoms with E-state index in [1.165, 1.54) is 6.08 Å². The molecule has 0 radical (unpaired) electrons. The predicted octanol–water partition coefficient (Wildman–Crippen LogP) is 2.46. The Morgan fingerprint density at radius 2 is 2.12 bits per heavy atom. The number of carbonyl (C=O) groups is 1. The Morgan fingerprint density at radius 1 is 1.35 bits per heavy atom. The first kappa shape index (κ1) is 11.3. The van der Waals surface area contributed by atoms with Gasteiger partial charge >= 0.3 is 5.97 Å². The zero-order valence-electron chi connectivity index (χ0n) is 9.34. The first-order valence-electron chi connectivity index (χ1n) is 5.15. The van der Waals surface area contributed by atoms with Crippen LogP contribution in [0.3, 0.4) is 0 Å². The molecule has 88 valence electrons. The Hall–Kier alpha value is -2.23. The van der Waals surface area contributed by atoms with E-state index in [0.717, 1.165) is 28.7 Å². The van der Waals surface area contributed by atoms with Crippen LogP contribution >= 0.6 is 0 Å². The van der Waals surface area contributed by atoms with Crippen LogP contribution in [0, 0.1) is 0 Å². The van der Waals surface area contributed by atoms with Crippen molar-refractivity contribution in [2.45, 2.75) is 6.92 Å². The summed E-state index contributed by atoms with van der Waals surface area (Å²) < 4.78 is 10.5. The molecule has 0 atom stereocenters. The fraction of sp³-hybridized carbons (Fsp3) is 0.154. The van der Waals surface area contributed by atoms with Gasteiger partial charge < -0.3 is 14.6 Å². The molecule has 0 fully saturated rings. The van der Waals surface area contributed by atoms with Crippen LogP contribution in [-0.4, -0.2) is 17.9 Å². The van der Waals surface area contributed by atoms with Crippen LogP contribution in [0.5, 0.6) is 11.5 Å². The molecule has 1 aliphatic rings. The summed E-state index contributed by atoms with van der Waals surface area (Å²) >= 11 is 0. The lowest BCUT2D eigenvalue weighted by Crippen LogP contribution is -1.92. The summed E-state index contributed by atoms with van der Waals surface area (Å²) in [5.74, 6) is 0.500. The number of hydrogen-bond donors (Lipinski definition) is 1. The molecule has 0 saturated heterocycles. The van der Waals surface area contributed by atoms with Gasteiger partial charge in [0.1, 0.15) is 0 Å². The maximum Gasteiger partial charge on any atom is 0.328 e. The molecule has 4 heteroatoms. The van der Waals surface area contributed by atoms with E-state index in [9.17, 15) is 4.79 Å². The molecular formula is C13H12O4. The fourth-order valence-electron chi connectivity index (χ4n) is 1.51. The van der Waals surface area contributed by atoms with Gasteiger partial charge in [0, 0.05) is 6.08 Å². The van der Waals surface area contributed by atoms with Gasteiger partial charge in [-0.05, 0) is 30.2 Å². The number of ether oxygens (including phenoxy) is 2. The summed E-state index contributed by atoms with van der Waals surface area (Å²) in [6.07, 6.45) is 4.34. The van der Waals surface area contributed by atoms with E-state index in [2.05, 4.69) is 0 Å². The van der Waals surface area contributed by atoms with Gasteiger partial charge in [-0.25, -0.2) is 4.79 Å². The maximum absolute atomic E-state index is 10.3. The average Bonchev–Trinajstić information content (AvgIpc) is 2.75. The van der Waals surface area contributed by atoms with E-state index in [-0.39, 0.29) is 6.79 Å². The van der Waals surface area contributed by atoms with Crippen molar-refractivity contribution in [1.82, 2.24) is 0 Å². The maximum atomic E-state index is 10.3. The number of benzene rings is 1. The molecule has 0 aliphatic carbocycles. The van der Waals surface area contributed by atoms with Crippen molar-refractivity contribution >= 4 is 11.5 Å². The van der Waals surface area contributed by atoms with E-state index in [4.69, 9.17) is 14.6 Å². The van der Waals surface area contributed by atoms with Gasteiger partial charge in [-0.1, -0.05) is 18.2 Å². The SMILES string of the molecule is C/C(=C\C=C\C(=O)O)c1ccc2c(c1)OCO2. The summed E-state index contributed by atoms with van der Waals surface area (Å²) in [6.45, 7) is 2.16. The van der Waals surface area contributed by atoms with Crippen LogP contribution < -0.4 is 9.47 Å². The van der Waals surface area contributed by atoms with E-state index in [1.54, 1.807) is 6.08 Å². The molecule has 0 aromatic heterocycles. The largest absolute Gasteiger partial charge is 0.478 e. The van der Waals surface area contributed by atoms with E-state index in [0.29, 0.717) is 0 Å². The van der Waals surface area contributed by atoms with Crippen LogP contribution in [0.15, 0.2) is 36.4 Å². The number of carboxylic acids is 1. The zero-order chi connectivity index (χ0) is 12.3. The Bertz CT molecular complexity index is 500. The molecule has 1 aromatic carbocycles. The van der Waals surface area contributed by atoms with Gasteiger partial charge in [-0.3, -0.25) is 0 Å². The highest BCUT2D eigenvalue weighted by molar-refractivity contribution is 5.80. The molecular weight excluding hydrogens is 220 g/mol. The molecule has 1 N–H and O–H groups in total. The Labute approximate surface area is 98.8 Å². The summed E-state index contributed by atoms with van der Waals surface area (Å²) in [6, 6.07) is 5.63. The lowest BCUT2D eigenvalue weighted by atomic mass is 10.1. The van der Waals surface area contributed by atoms with Crippen molar-refractivity contribution in [2.24, 2.45) is 0 Å². The van der Waals surface area contributed by atoms with E-state index < -0.39 is 5.97 Å². The van der Waals surface area contributed by atoms with Crippen molar-refractivity contribution in [2.75, 3.05) is 6.79 Å². The Morgan fingerprint density at radius 3 is 2.88 bits per heavy atom. The second kappa shape index (κ2) is 4.74. The molecule has 0 spiro atoms. The number of rotatable bonds is 3. The molecule has 17 heavy (non-hydrogen) atoms. The van der Waals surface area contributed by atoms with E-state index in [1.807, 2.05) is 25.1 Å². The zero-order valence-corrected chi connectivity index (χ0v) is 9.34. The van der Waals surface area contributed by atoms with Gasteiger partial charge in [-0.2, -0.15) is 0 Å². The van der Waals surface area contributed by atoms with Gasteiger partial charge in [-0.15, -0.1) is 0 Å². The molecule has 1 aromatic rings. The molecule has 1 heterocycles. The minimum absolute atomic E-state index is 0.250. The molecule has 2 rings (SSSR count). The first-order valence-corrected chi connectivity index (χ1v) is 5.15. The number of allylic oxidation sites excluding steroid dienone is 3. The van der Waals surface area contributed by atoms with Crippen LogP contribution in [-0.2, 0) is 4.79 Å². The second-order valence-corrected chi connectivity index (χ2v) is 3.62. The fourth-order valence-corrected chi connectivity index (χ4v) is 1.51. The van der Waals surface area contributed by atoms with Gasteiger partial charge in [0.05, 0.1) is 0 Å². The minimum Gasteiger partial charge on any atom is -0.478 e. The smallest absolute Gasteiger partial charge is 0.328 e. The summed E-state index contributed by atoms with van der Waals surface area (Å²) in [7, 11) is 0. The van der Waals surface area contributed by atoms with Crippen LogP contribution in [0.4, 0.5) is 0 Å². The third-order valence-corrected chi connectivity index (χ3v) is 2.41. The van der Waals surface area contributed by atoms with Gasteiger partial charge in [0.2, 0.25) is 6.79 Å². The highest BCUT2D eigenvalue weighted by Crippen LogP contribution is 2.34. The standard InChI is InChI=1S/C13H12O4/c1-9(3-2-4-13(14)15)10-5-6-11-12(7-10)17-8-16-11/h2-7H,8H2,1H3,(H,14,15)/b4-2+,9-3+. The molecule has 0 saturated carbocycles.